The molecule has 19 heavy (non-hydrogen) atoms. The highest BCUT2D eigenvalue weighted by Crippen LogP contribution is 2.24. The van der Waals surface area contributed by atoms with E-state index < -0.39 is 0 Å². The van der Waals surface area contributed by atoms with Gasteiger partial charge in [0.05, 0.1) is 12.2 Å². The van der Waals surface area contributed by atoms with Gasteiger partial charge in [0.25, 0.3) is 0 Å². The average Bonchev–Trinajstić information content (AvgIpc) is 2.48. The van der Waals surface area contributed by atoms with E-state index in [-0.39, 0.29) is 0 Å². The first-order valence-corrected chi connectivity index (χ1v) is 6.46. The normalized spacial score (nSPS) is 15.1. The van der Waals surface area contributed by atoms with Crippen molar-refractivity contribution < 1.29 is 9.47 Å². The van der Waals surface area contributed by atoms with Crippen LogP contribution in [0, 0.1) is 11.3 Å². The summed E-state index contributed by atoms with van der Waals surface area (Å²) >= 11 is 0. The van der Waals surface area contributed by atoms with E-state index in [4.69, 9.17) is 9.47 Å². The molecule has 1 N–H and O–H groups in total. The highest BCUT2D eigenvalue weighted by Gasteiger charge is 2.12. The van der Waals surface area contributed by atoms with E-state index >= 15 is 0 Å². The zero-order chi connectivity index (χ0) is 13.5. The summed E-state index contributed by atoms with van der Waals surface area (Å²) in [4.78, 5) is 2.27. The molecule has 5 heteroatoms. The third-order valence-electron chi connectivity index (χ3n) is 3.11. The molecule has 1 heterocycles. The lowest BCUT2D eigenvalue weighted by Gasteiger charge is -2.29. The van der Waals surface area contributed by atoms with Crippen LogP contribution >= 0.6 is 0 Å². The number of nitriles is 1. The van der Waals surface area contributed by atoms with Crippen molar-refractivity contribution in [1.29, 1.82) is 5.26 Å². The van der Waals surface area contributed by atoms with Gasteiger partial charge in [0.1, 0.15) is 18.4 Å². The number of benzene rings is 1. The summed E-state index contributed by atoms with van der Waals surface area (Å²) in [5.41, 5.74) is 1.66. The Balaban J connectivity index is 2.09. The van der Waals surface area contributed by atoms with Crippen LogP contribution in [0.5, 0.6) is 5.75 Å². The van der Waals surface area contributed by atoms with Gasteiger partial charge in [-0.1, -0.05) is 0 Å². The van der Waals surface area contributed by atoms with Gasteiger partial charge in [-0.3, -0.25) is 0 Å². The zero-order valence-electron chi connectivity index (χ0n) is 11.2. The molecule has 5 nitrogen and oxygen atoms in total. The molecule has 2 rings (SSSR count). The molecular weight excluding hydrogens is 242 g/mol. The molecule has 1 aromatic rings. The number of piperazine rings is 1. The minimum absolute atomic E-state index is 0.457. The summed E-state index contributed by atoms with van der Waals surface area (Å²) in [6.07, 6.45) is 0. The van der Waals surface area contributed by atoms with E-state index in [0.29, 0.717) is 24.5 Å². The number of anilines is 1. The lowest BCUT2D eigenvalue weighted by atomic mass is 10.1. The lowest BCUT2D eigenvalue weighted by molar-refractivity contribution is 0.146. The quantitative estimate of drug-likeness (QED) is 0.801. The van der Waals surface area contributed by atoms with Crippen molar-refractivity contribution in [2.75, 3.05) is 51.4 Å². The molecule has 0 aromatic heterocycles. The number of nitrogens with one attached hydrogen (secondary N) is 1. The van der Waals surface area contributed by atoms with Crippen molar-refractivity contribution in [3.8, 4) is 11.8 Å². The molecule has 0 unspecified atom stereocenters. The fourth-order valence-electron chi connectivity index (χ4n) is 2.09. The highest BCUT2D eigenvalue weighted by molar-refractivity contribution is 5.57. The zero-order valence-corrected chi connectivity index (χ0v) is 11.2. The molecule has 0 aliphatic carbocycles. The van der Waals surface area contributed by atoms with Gasteiger partial charge in [-0.15, -0.1) is 0 Å². The molecule has 1 aliphatic rings. The van der Waals surface area contributed by atoms with Crippen molar-refractivity contribution in [2.24, 2.45) is 0 Å². The Hall–Kier alpha value is -1.77. The van der Waals surface area contributed by atoms with Crippen molar-refractivity contribution >= 4 is 5.69 Å². The van der Waals surface area contributed by atoms with Crippen LogP contribution in [0.15, 0.2) is 18.2 Å². The van der Waals surface area contributed by atoms with E-state index in [1.807, 2.05) is 18.2 Å². The van der Waals surface area contributed by atoms with Gasteiger partial charge in [0.15, 0.2) is 0 Å². The van der Waals surface area contributed by atoms with Crippen molar-refractivity contribution in [3.05, 3.63) is 23.8 Å². The maximum atomic E-state index is 9.21. The van der Waals surface area contributed by atoms with Gasteiger partial charge in [-0.05, 0) is 18.2 Å². The molecule has 102 valence electrons. The smallest absolute Gasteiger partial charge is 0.137 e. The molecule has 0 radical (unpaired) electrons. The van der Waals surface area contributed by atoms with Crippen molar-refractivity contribution in [3.63, 3.8) is 0 Å². The molecule has 0 saturated carbocycles. The summed E-state index contributed by atoms with van der Waals surface area (Å²) in [5.74, 6) is 0.624. The van der Waals surface area contributed by atoms with Crippen molar-refractivity contribution in [2.45, 2.75) is 0 Å². The Labute approximate surface area is 113 Å². The molecule has 1 fully saturated rings. The Morgan fingerprint density at radius 3 is 2.79 bits per heavy atom. The summed E-state index contributed by atoms with van der Waals surface area (Å²) < 4.78 is 10.5. The van der Waals surface area contributed by atoms with Gasteiger partial charge < -0.3 is 19.7 Å². The molecule has 0 bridgehead atoms. The van der Waals surface area contributed by atoms with Gasteiger partial charge in [0, 0.05) is 39.0 Å². The van der Waals surface area contributed by atoms with Gasteiger partial charge in [-0.2, -0.15) is 5.26 Å². The van der Waals surface area contributed by atoms with Gasteiger partial charge in [-0.25, -0.2) is 0 Å². The number of nitrogens with zero attached hydrogens (tertiary/aromatic N) is 2. The molecular formula is C14H19N3O2. The minimum atomic E-state index is 0.457. The first-order chi connectivity index (χ1) is 9.35. The SMILES string of the molecule is COCCOc1ccc(N2CCNCC2)cc1C#N. The second-order valence-electron chi connectivity index (χ2n) is 4.37. The molecule has 0 atom stereocenters. The van der Waals surface area contributed by atoms with Crippen LogP contribution in [0.3, 0.4) is 0 Å². The predicted molar refractivity (Wildman–Crippen MR) is 73.6 cm³/mol. The Kier molecular flexibility index (Phi) is 5.01. The maximum Gasteiger partial charge on any atom is 0.137 e. The number of hydrogen-bond acceptors (Lipinski definition) is 5. The van der Waals surface area contributed by atoms with Crippen LogP contribution in [0.1, 0.15) is 5.56 Å². The molecule has 1 saturated heterocycles. The second-order valence-corrected chi connectivity index (χ2v) is 4.37. The van der Waals surface area contributed by atoms with Gasteiger partial charge >= 0.3 is 0 Å². The topological polar surface area (TPSA) is 57.5 Å². The second kappa shape index (κ2) is 6.98. The molecule has 1 aliphatic heterocycles. The van der Waals surface area contributed by atoms with E-state index in [1.54, 1.807) is 7.11 Å². The highest BCUT2D eigenvalue weighted by atomic mass is 16.5. The monoisotopic (exact) mass is 261 g/mol. The van der Waals surface area contributed by atoms with E-state index in [1.165, 1.54) is 0 Å². The average molecular weight is 261 g/mol. The predicted octanol–water partition coefficient (Wildman–Crippen LogP) is 0.993. The summed E-state index contributed by atoms with van der Waals surface area (Å²) in [6, 6.07) is 7.97. The third kappa shape index (κ3) is 3.60. The Morgan fingerprint density at radius 1 is 1.32 bits per heavy atom. The lowest BCUT2D eigenvalue weighted by Crippen LogP contribution is -2.43. The number of rotatable bonds is 5. The van der Waals surface area contributed by atoms with Crippen LogP contribution < -0.4 is 15.0 Å². The number of hydrogen-bond donors (Lipinski definition) is 1. The molecule has 0 spiro atoms. The summed E-state index contributed by atoms with van der Waals surface area (Å²) in [5, 5.41) is 12.5. The third-order valence-corrected chi connectivity index (χ3v) is 3.11. The minimum Gasteiger partial charge on any atom is -0.490 e. The summed E-state index contributed by atoms with van der Waals surface area (Å²) in [7, 11) is 1.63. The van der Waals surface area contributed by atoms with Crippen LogP contribution in [-0.4, -0.2) is 46.5 Å². The van der Waals surface area contributed by atoms with Crippen LogP contribution in [0.4, 0.5) is 5.69 Å². The van der Waals surface area contributed by atoms with Crippen LogP contribution in [0.2, 0.25) is 0 Å². The first kappa shape index (κ1) is 13.7. The standard InChI is InChI=1S/C14H19N3O2/c1-18-8-9-19-14-3-2-13(10-12(14)11-15)17-6-4-16-5-7-17/h2-3,10,16H,4-9H2,1H3. The van der Waals surface area contributed by atoms with Crippen LogP contribution in [-0.2, 0) is 4.74 Å². The Bertz CT molecular complexity index is 450. The van der Waals surface area contributed by atoms with E-state index in [2.05, 4.69) is 16.3 Å². The Morgan fingerprint density at radius 2 is 2.11 bits per heavy atom. The van der Waals surface area contributed by atoms with Crippen molar-refractivity contribution in [1.82, 2.24) is 5.32 Å². The maximum absolute atomic E-state index is 9.21. The largest absolute Gasteiger partial charge is 0.490 e. The first-order valence-electron chi connectivity index (χ1n) is 6.46. The fourth-order valence-corrected chi connectivity index (χ4v) is 2.09. The van der Waals surface area contributed by atoms with Gasteiger partial charge in [0.2, 0.25) is 0 Å². The fraction of sp³-hybridized carbons (Fsp3) is 0.500. The molecule has 0 amide bonds. The number of ether oxygens (including phenoxy) is 2. The molecule has 1 aromatic carbocycles. The van der Waals surface area contributed by atoms with E-state index in [9.17, 15) is 5.26 Å². The summed E-state index contributed by atoms with van der Waals surface area (Å²) in [6.45, 7) is 4.87. The van der Waals surface area contributed by atoms with Crippen LogP contribution in [0.25, 0.3) is 0 Å². The van der Waals surface area contributed by atoms with E-state index in [0.717, 1.165) is 31.9 Å². The number of methoxy groups -OCH3 is 1.